The van der Waals surface area contributed by atoms with E-state index in [2.05, 4.69) is 11.9 Å². The van der Waals surface area contributed by atoms with E-state index in [-0.39, 0.29) is 13.2 Å². The van der Waals surface area contributed by atoms with Crippen LogP contribution in [0.5, 0.6) is 0 Å². The molecule has 84 valence electrons. The molecule has 0 bridgehead atoms. The minimum Gasteiger partial charge on any atom is -0.499 e. The maximum atomic E-state index is 9.30. The van der Waals surface area contributed by atoms with Gasteiger partial charge in [-0.2, -0.15) is 0 Å². The molecule has 0 saturated heterocycles. The molecule has 0 heterocycles. The standard InChI is InChI=1S/C9H19NO4/c1-2-13-5-6-14-8-9(12)7-10-3-4-11/h2,9-12H,1,3-8H2. The molecule has 1 unspecified atom stereocenters. The van der Waals surface area contributed by atoms with E-state index in [9.17, 15) is 5.11 Å². The minimum absolute atomic E-state index is 0.0702. The molecule has 0 fully saturated rings. The molecule has 0 radical (unpaired) electrons. The maximum Gasteiger partial charge on any atom is 0.111 e. The molecule has 0 aliphatic carbocycles. The molecule has 14 heavy (non-hydrogen) atoms. The molecule has 0 saturated carbocycles. The number of hydrogen-bond acceptors (Lipinski definition) is 5. The lowest BCUT2D eigenvalue weighted by atomic mass is 10.4. The van der Waals surface area contributed by atoms with Crippen molar-refractivity contribution in [1.82, 2.24) is 5.32 Å². The van der Waals surface area contributed by atoms with Gasteiger partial charge in [0, 0.05) is 13.1 Å². The van der Waals surface area contributed by atoms with Gasteiger partial charge in [0.05, 0.1) is 32.2 Å². The lowest BCUT2D eigenvalue weighted by Crippen LogP contribution is -2.32. The third-order valence-electron chi connectivity index (χ3n) is 1.44. The van der Waals surface area contributed by atoms with E-state index >= 15 is 0 Å². The second kappa shape index (κ2) is 10.5. The molecular formula is C9H19NO4. The normalized spacial score (nSPS) is 12.4. The Kier molecular flexibility index (Phi) is 10.00. The quantitative estimate of drug-likeness (QED) is 0.319. The fourth-order valence-electron chi connectivity index (χ4n) is 0.816. The molecule has 0 aromatic heterocycles. The zero-order valence-electron chi connectivity index (χ0n) is 8.32. The molecule has 5 heteroatoms. The lowest BCUT2D eigenvalue weighted by molar-refractivity contribution is 0.0192. The molecule has 0 aromatic rings. The third kappa shape index (κ3) is 9.47. The van der Waals surface area contributed by atoms with E-state index < -0.39 is 6.10 Å². The van der Waals surface area contributed by atoms with Gasteiger partial charge >= 0.3 is 0 Å². The van der Waals surface area contributed by atoms with Crippen molar-refractivity contribution >= 4 is 0 Å². The first-order chi connectivity index (χ1) is 6.81. The average Bonchev–Trinajstić information content (AvgIpc) is 2.18. The lowest BCUT2D eigenvalue weighted by Gasteiger charge is -2.11. The highest BCUT2D eigenvalue weighted by atomic mass is 16.5. The number of ether oxygens (including phenoxy) is 2. The summed E-state index contributed by atoms with van der Waals surface area (Å²) in [5, 5.41) is 20.6. The van der Waals surface area contributed by atoms with Crippen LogP contribution in [0.15, 0.2) is 12.8 Å². The minimum atomic E-state index is -0.551. The van der Waals surface area contributed by atoms with E-state index in [4.69, 9.17) is 14.6 Å². The van der Waals surface area contributed by atoms with Crippen LogP contribution in [0.3, 0.4) is 0 Å². The molecule has 0 aliphatic rings. The van der Waals surface area contributed by atoms with Crippen LogP contribution in [0.2, 0.25) is 0 Å². The number of aliphatic hydroxyl groups is 2. The summed E-state index contributed by atoms with van der Waals surface area (Å²) in [5.74, 6) is 0. The zero-order valence-corrected chi connectivity index (χ0v) is 8.32. The van der Waals surface area contributed by atoms with Gasteiger partial charge < -0.3 is 25.0 Å². The van der Waals surface area contributed by atoms with Gasteiger partial charge in [0.25, 0.3) is 0 Å². The molecule has 0 amide bonds. The van der Waals surface area contributed by atoms with Crippen LogP contribution in [0.25, 0.3) is 0 Å². The molecule has 3 N–H and O–H groups in total. The van der Waals surface area contributed by atoms with Crippen LogP contribution in [-0.4, -0.2) is 55.8 Å². The Morgan fingerprint density at radius 3 is 2.86 bits per heavy atom. The van der Waals surface area contributed by atoms with Crippen molar-refractivity contribution in [3.63, 3.8) is 0 Å². The predicted molar refractivity (Wildman–Crippen MR) is 52.9 cm³/mol. The summed E-state index contributed by atoms with van der Waals surface area (Å²) in [5.41, 5.74) is 0. The Morgan fingerprint density at radius 2 is 2.21 bits per heavy atom. The van der Waals surface area contributed by atoms with Gasteiger partial charge in [-0.3, -0.25) is 0 Å². The van der Waals surface area contributed by atoms with Gasteiger partial charge in [-0.05, 0) is 0 Å². The third-order valence-corrected chi connectivity index (χ3v) is 1.44. The molecule has 0 aromatic carbocycles. The zero-order chi connectivity index (χ0) is 10.6. The van der Waals surface area contributed by atoms with E-state index in [0.29, 0.717) is 26.3 Å². The summed E-state index contributed by atoms with van der Waals surface area (Å²) in [6.45, 7) is 5.50. The summed E-state index contributed by atoms with van der Waals surface area (Å²) in [4.78, 5) is 0. The van der Waals surface area contributed by atoms with Gasteiger partial charge in [-0.1, -0.05) is 6.58 Å². The molecule has 0 rings (SSSR count). The fraction of sp³-hybridized carbons (Fsp3) is 0.778. The Hall–Kier alpha value is -0.620. The number of rotatable bonds is 10. The molecular weight excluding hydrogens is 186 g/mol. The second-order valence-electron chi connectivity index (χ2n) is 2.69. The highest BCUT2D eigenvalue weighted by molar-refractivity contribution is 4.57. The van der Waals surface area contributed by atoms with Crippen LogP contribution in [0.4, 0.5) is 0 Å². The molecule has 0 aliphatic heterocycles. The van der Waals surface area contributed by atoms with Crippen molar-refractivity contribution in [2.24, 2.45) is 0 Å². The van der Waals surface area contributed by atoms with E-state index in [0.717, 1.165) is 0 Å². The Balaban J connectivity index is 3.09. The Bertz CT molecular complexity index is 132. The highest BCUT2D eigenvalue weighted by Crippen LogP contribution is 1.84. The van der Waals surface area contributed by atoms with E-state index in [1.807, 2.05) is 0 Å². The van der Waals surface area contributed by atoms with Gasteiger partial charge in [0.1, 0.15) is 6.61 Å². The molecule has 5 nitrogen and oxygen atoms in total. The Morgan fingerprint density at radius 1 is 1.43 bits per heavy atom. The van der Waals surface area contributed by atoms with Gasteiger partial charge in [-0.15, -0.1) is 0 Å². The van der Waals surface area contributed by atoms with Crippen molar-refractivity contribution in [2.75, 3.05) is 39.5 Å². The second-order valence-corrected chi connectivity index (χ2v) is 2.69. The highest BCUT2D eigenvalue weighted by Gasteiger charge is 2.02. The van der Waals surface area contributed by atoms with Crippen LogP contribution in [0, 0.1) is 0 Å². The number of nitrogens with one attached hydrogen (secondary N) is 1. The fourth-order valence-corrected chi connectivity index (χ4v) is 0.816. The van der Waals surface area contributed by atoms with Crippen molar-refractivity contribution in [2.45, 2.75) is 6.10 Å². The van der Waals surface area contributed by atoms with Crippen LogP contribution < -0.4 is 5.32 Å². The van der Waals surface area contributed by atoms with Crippen molar-refractivity contribution in [3.8, 4) is 0 Å². The maximum absolute atomic E-state index is 9.30. The largest absolute Gasteiger partial charge is 0.499 e. The number of hydrogen-bond donors (Lipinski definition) is 3. The summed E-state index contributed by atoms with van der Waals surface area (Å²) in [7, 11) is 0. The van der Waals surface area contributed by atoms with Crippen molar-refractivity contribution in [1.29, 1.82) is 0 Å². The first-order valence-electron chi connectivity index (χ1n) is 4.61. The van der Waals surface area contributed by atoms with Crippen LogP contribution in [-0.2, 0) is 9.47 Å². The van der Waals surface area contributed by atoms with Gasteiger partial charge in [0.2, 0.25) is 0 Å². The van der Waals surface area contributed by atoms with Crippen LogP contribution >= 0.6 is 0 Å². The monoisotopic (exact) mass is 205 g/mol. The Labute approximate surface area is 84.3 Å². The smallest absolute Gasteiger partial charge is 0.111 e. The molecule has 0 spiro atoms. The van der Waals surface area contributed by atoms with Gasteiger partial charge in [-0.25, -0.2) is 0 Å². The van der Waals surface area contributed by atoms with E-state index in [1.165, 1.54) is 6.26 Å². The molecule has 1 atom stereocenters. The van der Waals surface area contributed by atoms with E-state index in [1.54, 1.807) is 0 Å². The summed E-state index contributed by atoms with van der Waals surface area (Å²) in [6, 6.07) is 0. The van der Waals surface area contributed by atoms with Crippen molar-refractivity contribution in [3.05, 3.63) is 12.8 Å². The van der Waals surface area contributed by atoms with Crippen LogP contribution in [0.1, 0.15) is 0 Å². The topological polar surface area (TPSA) is 71.0 Å². The summed E-state index contributed by atoms with van der Waals surface area (Å²) >= 11 is 0. The SMILES string of the molecule is C=COCCOCC(O)CNCCO. The van der Waals surface area contributed by atoms with Crippen molar-refractivity contribution < 1.29 is 19.7 Å². The average molecular weight is 205 g/mol. The number of aliphatic hydroxyl groups excluding tert-OH is 2. The van der Waals surface area contributed by atoms with Gasteiger partial charge in [0.15, 0.2) is 0 Å². The first kappa shape index (κ1) is 13.4. The predicted octanol–water partition coefficient (Wildman–Crippen LogP) is -0.894. The summed E-state index contributed by atoms with van der Waals surface area (Å²) < 4.78 is 9.93. The summed E-state index contributed by atoms with van der Waals surface area (Å²) in [6.07, 6.45) is 0.799. The first-order valence-corrected chi connectivity index (χ1v) is 4.61.